The highest BCUT2D eigenvalue weighted by molar-refractivity contribution is 5.77. The number of ketones is 1. The van der Waals surface area contributed by atoms with Gasteiger partial charge in [-0.25, -0.2) is 0 Å². The number of likely N-dealkylation sites (N-methyl/N-ethyl adjacent to an activating group) is 1. The summed E-state index contributed by atoms with van der Waals surface area (Å²) in [5.41, 5.74) is 0. The SMILES string of the molecule is CC(=O)CN(C)CC(C)O. The second kappa shape index (κ2) is 4.41. The number of hydrogen-bond donors (Lipinski definition) is 1. The summed E-state index contributed by atoms with van der Waals surface area (Å²) in [6, 6.07) is 0. The van der Waals surface area contributed by atoms with Crippen LogP contribution in [0.3, 0.4) is 0 Å². The van der Waals surface area contributed by atoms with Crippen LogP contribution in [0.2, 0.25) is 0 Å². The molecule has 0 saturated heterocycles. The van der Waals surface area contributed by atoms with Gasteiger partial charge in [-0.15, -0.1) is 0 Å². The predicted molar refractivity (Wildman–Crippen MR) is 39.9 cm³/mol. The minimum Gasteiger partial charge on any atom is -0.392 e. The quantitative estimate of drug-likeness (QED) is 0.600. The van der Waals surface area contributed by atoms with E-state index >= 15 is 0 Å². The Labute approximate surface area is 61.6 Å². The molecule has 0 bridgehead atoms. The topological polar surface area (TPSA) is 40.5 Å². The maximum Gasteiger partial charge on any atom is 0.143 e. The number of rotatable bonds is 4. The van der Waals surface area contributed by atoms with Gasteiger partial charge in [0.05, 0.1) is 12.6 Å². The average Bonchev–Trinajstić information content (AvgIpc) is 1.58. The summed E-state index contributed by atoms with van der Waals surface area (Å²) in [5, 5.41) is 8.88. The van der Waals surface area contributed by atoms with Crippen LogP contribution in [0, 0.1) is 0 Å². The zero-order chi connectivity index (χ0) is 8.15. The van der Waals surface area contributed by atoms with Crippen molar-refractivity contribution in [1.29, 1.82) is 0 Å². The minimum atomic E-state index is -0.357. The van der Waals surface area contributed by atoms with Crippen molar-refractivity contribution in [2.75, 3.05) is 20.1 Å². The molecule has 0 rings (SSSR count). The number of aliphatic hydroxyl groups excluding tert-OH is 1. The highest BCUT2D eigenvalue weighted by Crippen LogP contribution is 1.87. The fourth-order valence-electron chi connectivity index (χ4n) is 0.896. The van der Waals surface area contributed by atoms with Gasteiger partial charge in [0.15, 0.2) is 0 Å². The number of carbonyl (C=O) groups is 1. The first-order valence-electron chi connectivity index (χ1n) is 3.38. The molecule has 0 aliphatic heterocycles. The second-order valence-electron chi connectivity index (χ2n) is 2.75. The standard InChI is InChI=1S/C7H15NO2/c1-6(9)4-8(3)5-7(2)10/h6,9H,4-5H2,1-3H3. The number of Topliss-reactive ketones (excluding diaryl/α,β-unsaturated/α-hetero) is 1. The molecule has 1 N–H and O–H groups in total. The fraction of sp³-hybridized carbons (Fsp3) is 0.857. The summed E-state index contributed by atoms with van der Waals surface area (Å²) in [4.78, 5) is 12.3. The molecule has 1 unspecified atom stereocenters. The van der Waals surface area contributed by atoms with Gasteiger partial charge in [0.2, 0.25) is 0 Å². The number of nitrogens with zero attached hydrogens (tertiary/aromatic N) is 1. The molecule has 10 heavy (non-hydrogen) atoms. The Morgan fingerprint density at radius 3 is 2.50 bits per heavy atom. The molecular formula is C7H15NO2. The molecular weight excluding hydrogens is 130 g/mol. The van der Waals surface area contributed by atoms with Gasteiger partial charge in [0.25, 0.3) is 0 Å². The van der Waals surface area contributed by atoms with Crippen LogP contribution in [-0.2, 0) is 4.79 Å². The van der Waals surface area contributed by atoms with Crippen molar-refractivity contribution in [2.45, 2.75) is 20.0 Å². The molecule has 0 saturated carbocycles. The molecule has 0 radical (unpaired) electrons. The van der Waals surface area contributed by atoms with Crippen molar-refractivity contribution in [2.24, 2.45) is 0 Å². The van der Waals surface area contributed by atoms with Gasteiger partial charge in [0, 0.05) is 6.54 Å². The van der Waals surface area contributed by atoms with Gasteiger partial charge in [-0.1, -0.05) is 0 Å². The van der Waals surface area contributed by atoms with Crippen LogP contribution >= 0.6 is 0 Å². The van der Waals surface area contributed by atoms with Crippen LogP contribution < -0.4 is 0 Å². The first kappa shape index (κ1) is 9.59. The van der Waals surface area contributed by atoms with Crippen molar-refractivity contribution in [1.82, 2.24) is 4.90 Å². The Hall–Kier alpha value is -0.410. The van der Waals surface area contributed by atoms with Gasteiger partial charge >= 0.3 is 0 Å². The summed E-state index contributed by atoms with van der Waals surface area (Å²) in [6.45, 7) is 4.22. The highest BCUT2D eigenvalue weighted by atomic mass is 16.3. The lowest BCUT2D eigenvalue weighted by atomic mass is 10.3. The Kier molecular flexibility index (Phi) is 4.23. The smallest absolute Gasteiger partial charge is 0.143 e. The summed E-state index contributed by atoms with van der Waals surface area (Å²) in [7, 11) is 1.81. The zero-order valence-corrected chi connectivity index (χ0v) is 6.79. The van der Waals surface area contributed by atoms with Crippen LogP contribution in [0.5, 0.6) is 0 Å². The number of carbonyl (C=O) groups excluding carboxylic acids is 1. The summed E-state index contributed by atoms with van der Waals surface area (Å²) < 4.78 is 0. The van der Waals surface area contributed by atoms with E-state index in [0.717, 1.165) is 0 Å². The highest BCUT2D eigenvalue weighted by Gasteiger charge is 2.03. The molecule has 0 aromatic heterocycles. The van der Waals surface area contributed by atoms with E-state index < -0.39 is 0 Å². The van der Waals surface area contributed by atoms with E-state index in [2.05, 4.69) is 0 Å². The zero-order valence-electron chi connectivity index (χ0n) is 6.79. The first-order valence-corrected chi connectivity index (χ1v) is 3.38. The number of hydrogen-bond acceptors (Lipinski definition) is 3. The molecule has 0 heterocycles. The summed E-state index contributed by atoms with van der Waals surface area (Å²) in [6.07, 6.45) is -0.357. The van der Waals surface area contributed by atoms with Gasteiger partial charge in [-0.2, -0.15) is 0 Å². The van der Waals surface area contributed by atoms with Crippen molar-refractivity contribution < 1.29 is 9.90 Å². The molecule has 1 atom stereocenters. The molecule has 0 aliphatic carbocycles. The maximum atomic E-state index is 10.5. The molecule has 60 valence electrons. The van der Waals surface area contributed by atoms with E-state index in [1.807, 2.05) is 7.05 Å². The first-order chi connectivity index (χ1) is 4.52. The summed E-state index contributed by atoms with van der Waals surface area (Å²) in [5.74, 6) is 0.128. The third-order valence-corrected chi connectivity index (χ3v) is 1.07. The molecule has 0 amide bonds. The van der Waals surface area contributed by atoms with Gasteiger partial charge in [0.1, 0.15) is 5.78 Å². The minimum absolute atomic E-state index is 0.128. The van der Waals surface area contributed by atoms with Crippen LogP contribution in [0.15, 0.2) is 0 Å². The van der Waals surface area contributed by atoms with Crippen LogP contribution in [0.4, 0.5) is 0 Å². The second-order valence-corrected chi connectivity index (χ2v) is 2.75. The number of aliphatic hydroxyl groups is 1. The van der Waals surface area contributed by atoms with E-state index in [0.29, 0.717) is 13.1 Å². The van der Waals surface area contributed by atoms with Crippen LogP contribution in [-0.4, -0.2) is 42.0 Å². The predicted octanol–water partition coefficient (Wildman–Crippen LogP) is -0.112. The molecule has 0 aromatic rings. The average molecular weight is 145 g/mol. The molecule has 3 heteroatoms. The van der Waals surface area contributed by atoms with E-state index in [1.165, 1.54) is 0 Å². The Morgan fingerprint density at radius 1 is 1.70 bits per heavy atom. The molecule has 0 fully saturated rings. The molecule has 0 aliphatic rings. The van der Waals surface area contributed by atoms with Crippen molar-refractivity contribution in [3.63, 3.8) is 0 Å². The lowest BCUT2D eigenvalue weighted by Gasteiger charge is -2.15. The third-order valence-electron chi connectivity index (χ3n) is 1.07. The van der Waals surface area contributed by atoms with Gasteiger partial charge in [-0.05, 0) is 20.9 Å². The van der Waals surface area contributed by atoms with Crippen molar-refractivity contribution >= 4 is 5.78 Å². The van der Waals surface area contributed by atoms with E-state index in [4.69, 9.17) is 5.11 Å². The van der Waals surface area contributed by atoms with Crippen LogP contribution in [0.25, 0.3) is 0 Å². The van der Waals surface area contributed by atoms with Crippen LogP contribution in [0.1, 0.15) is 13.8 Å². The van der Waals surface area contributed by atoms with Gasteiger partial charge < -0.3 is 5.11 Å². The maximum absolute atomic E-state index is 10.5. The van der Waals surface area contributed by atoms with Crippen molar-refractivity contribution in [3.05, 3.63) is 0 Å². The molecule has 0 spiro atoms. The lowest BCUT2D eigenvalue weighted by Crippen LogP contribution is -2.31. The van der Waals surface area contributed by atoms with E-state index in [1.54, 1.807) is 18.7 Å². The monoisotopic (exact) mass is 145 g/mol. The van der Waals surface area contributed by atoms with Gasteiger partial charge in [-0.3, -0.25) is 9.69 Å². The Morgan fingerprint density at radius 2 is 2.20 bits per heavy atom. The Bertz CT molecular complexity index is 112. The molecule has 3 nitrogen and oxygen atoms in total. The van der Waals surface area contributed by atoms with E-state index in [9.17, 15) is 4.79 Å². The third kappa shape index (κ3) is 5.72. The van der Waals surface area contributed by atoms with E-state index in [-0.39, 0.29) is 11.9 Å². The largest absolute Gasteiger partial charge is 0.392 e. The fourth-order valence-corrected chi connectivity index (χ4v) is 0.896. The summed E-state index contributed by atoms with van der Waals surface area (Å²) >= 11 is 0. The lowest BCUT2D eigenvalue weighted by molar-refractivity contribution is -0.118. The molecule has 0 aromatic carbocycles. The Balaban J connectivity index is 3.43. The van der Waals surface area contributed by atoms with Crippen molar-refractivity contribution in [3.8, 4) is 0 Å². The normalized spacial score (nSPS) is 13.7.